The first-order valence-corrected chi connectivity index (χ1v) is 10.2. The zero-order valence-electron chi connectivity index (χ0n) is 15.4. The maximum absolute atomic E-state index is 12.1. The molecule has 0 saturated heterocycles. The summed E-state index contributed by atoms with van der Waals surface area (Å²) in [5.74, 6) is 0.752. The van der Waals surface area contributed by atoms with Crippen LogP contribution in [0.25, 0.3) is 0 Å². The van der Waals surface area contributed by atoms with Crippen LogP contribution in [0.5, 0.6) is 5.75 Å². The number of carbonyl (C=O) groups is 1. The fourth-order valence-electron chi connectivity index (χ4n) is 3.18. The van der Waals surface area contributed by atoms with Gasteiger partial charge in [0.2, 0.25) is 5.91 Å². The lowest BCUT2D eigenvalue weighted by Gasteiger charge is -2.07. The minimum atomic E-state index is -0.105. The molecule has 1 aromatic heterocycles. The van der Waals surface area contributed by atoms with Crippen LogP contribution in [0.15, 0.2) is 59.6 Å². The van der Waals surface area contributed by atoms with E-state index in [2.05, 4.69) is 28.5 Å². The average Bonchev–Trinajstić information content (AvgIpc) is 3.03. The Balaban J connectivity index is 1.61. The minimum Gasteiger partial charge on any atom is -0.497 e. The number of hydrogen-bond donors (Lipinski definition) is 1. The fraction of sp³-hybridized carbons (Fsp3) is 0.182. The third kappa shape index (κ3) is 3.96. The van der Waals surface area contributed by atoms with E-state index in [9.17, 15) is 4.79 Å². The largest absolute Gasteiger partial charge is 0.497 e. The van der Waals surface area contributed by atoms with Gasteiger partial charge in [-0.05, 0) is 42.7 Å². The van der Waals surface area contributed by atoms with Gasteiger partial charge in [-0.3, -0.25) is 9.79 Å². The number of carbonyl (C=O) groups excluding carboxylic acids is 1. The molecule has 4 rings (SSSR count). The van der Waals surface area contributed by atoms with Gasteiger partial charge >= 0.3 is 0 Å². The molecule has 142 valence electrons. The van der Waals surface area contributed by atoms with Crippen molar-refractivity contribution in [1.29, 1.82) is 0 Å². The molecule has 2 heterocycles. The second-order valence-electron chi connectivity index (χ2n) is 6.50. The van der Waals surface area contributed by atoms with Crippen LogP contribution in [0, 0.1) is 0 Å². The van der Waals surface area contributed by atoms with Crippen LogP contribution in [-0.4, -0.2) is 25.3 Å². The van der Waals surface area contributed by atoms with Gasteiger partial charge in [-0.1, -0.05) is 41.9 Å². The first-order chi connectivity index (χ1) is 13.6. The second-order valence-corrected chi connectivity index (χ2v) is 8.04. The monoisotopic (exact) mass is 410 g/mol. The standard InChI is InChI=1S/C22H19ClN2O2S/c1-27-15-9-6-14(7-10-15)8-11-16-12-18-21(17-4-2-3-5-19(17)23)24-13-20(26)25-22(18)28-16/h2-7,9-10,12H,8,11,13H2,1H3,(H,25,26). The Hall–Kier alpha value is -2.63. The van der Waals surface area contributed by atoms with E-state index in [-0.39, 0.29) is 12.5 Å². The van der Waals surface area contributed by atoms with E-state index in [1.165, 1.54) is 10.4 Å². The minimum absolute atomic E-state index is 0.100. The molecular weight excluding hydrogens is 392 g/mol. The number of fused-ring (bicyclic) bond motifs is 1. The van der Waals surface area contributed by atoms with Crippen LogP contribution in [-0.2, 0) is 17.6 Å². The van der Waals surface area contributed by atoms with E-state index in [0.29, 0.717) is 5.02 Å². The van der Waals surface area contributed by atoms with Gasteiger partial charge in [-0.15, -0.1) is 11.3 Å². The Morgan fingerprint density at radius 1 is 1.11 bits per heavy atom. The van der Waals surface area contributed by atoms with Crippen LogP contribution >= 0.6 is 22.9 Å². The smallest absolute Gasteiger partial charge is 0.246 e. The van der Waals surface area contributed by atoms with E-state index in [0.717, 1.165) is 40.4 Å². The SMILES string of the molecule is COc1ccc(CCc2cc3c(s2)NC(=O)CN=C3c2ccccc2Cl)cc1. The molecule has 0 fully saturated rings. The normalized spacial score (nSPS) is 13.4. The molecule has 1 aliphatic heterocycles. The second kappa shape index (κ2) is 8.17. The summed E-state index contributed by atoms with van der Waals surface area (Å²) in [7, 11) is 1.67. The molecule has 28 heavy (non-hydrogen) atoms. The fourth-order valence-corrected chi connectivity index (χ4v) is 4.48. The van der Waals surface area contributed by atoms with Crippen molar-refractivity contribution >= 4 is 39.6 Å². The number of ether oxygens (including phenoxy) is 1. The zero-order chi connectivity index (χ0) is 19.5. The number of nitrogens with one attached hydrogen (secondary N) is 1. The van der Waals surface area contributed by atoms with Crippen molar-refractivity contribution in [2.75, 3.05) is 19.0 Å². The molecule has 0 atom stereocenters. The van der Waals surface area contributed by atoms with Crippen molar-refractivity contribution in [3.8, 4) is 5.75 Å². The van der Waals surface area contributed by atoms with Gasteiger partial charge in [-0.25, -0.2) is 0 Å². The van der Waals surface area contributed by atoms with Crippen molar-refractivity contribution in [3.63, 3.8) is 0 Å². The molecule has 0 aliphatic carbocycles. The van der Waals surface area contributed by atoms with Crippen molar-refractivity contribution < 1.29 is 9.53 Å². The number of aliphatic imine (C=N–C) groups is 1. The summed E-state index contributed by atoms with van der Waals surface area (Å²) in [6.45, 7) is 0.100. The Bertz CT molecular complexity index is 1040. The summed E-state index contributed by atoms with van der Waals surface area (Å²) in [4.78, 5) is 17.8. The number of rotatable bonds is 5. The molecule has 2 aromatic carbocycles. The highest BCUT2D eigenvalue weighted by atomic mass is 35.5. The summed E-state index contributed by atoms with van der Waals surface area (Å²) < 4.78 is 5.21. The van der Waals surface area contributed by atoms with Crippen LogP contribution in [0.1, 0.15) is 21.6 Å². The number of hydrogen-bond acceptors (Lipinski definition) is 4. The molecule has 0 radical (unpaired) electrons. The number of anilines is 1. The van der Waals surface area contributed by atoms with E-state index in [4.69, 9.17) is 16.3 Å². The summed E-state index contributed by atoms with van der Waals surface area (Å²) in [5.41, 5.74) is 3.80. The lowest BCUT2D eigenvalue weighted by Crippen LogP contribution is -2.12. The van der Waals surface area contributed by atoms with Gasteiger partial charge in [0.25, 0.3) is 0 Å². The van der Waals surface area contributed by atoms with E-state index >= 15 is 0 Å². The lowest BCUT2D eigenvalue weighted by molar-refractivity contribution is -0.114. The van der Waals surface area contributed by atoms with Gasteiger partial charge in [0.1, 0.15) is 17.3 Å². The molecule has 0 unspecified atom stereocenters. The molecule has 4 nitrogen and oxygen atoms in total. The lowest BCUT2D eigenvalue weighted by atomic mass is 10.0. The van der Waals surface area contributed by atoms with Crippen molar-refractivity contribution in [2.45, 2.75) is 12.8 Å². The van der Waals surface area contributed by atoms with E-state index < -0.39 is 0 Å². The number of methoxy groups -OCH3 is 1. The number of thiophene rings is 1. The van der Waals surface area contributed by atoms with Crippen LogP contribution in [0.3, 0.4) is 0 Å². The van der Waals surface area contributed by atoms with Gasteiger partial charge in [0.15, 0.2) is 0 Å². The molecule has 1 aliphatic rings. The number of benzene rings is 2. The van der Waals surface area contributed by atoms with Crippen LogP contribution in [0.4, 0.5) is 5.00 Å². The summed E-state index contributed by atoms with van der Waals surface area (Å²) in [6, 6.07) is 17.8. The molecular formula is C22H19ClN2O2S. The third-order valence-electron chi connectivity index (χ3n) is 4.62. The zero-order valence-corrected chi connectivity index (χ0v) is 16.9. The van der Waals surface area contributed by atoms with Crippen molar-refractivity contribution in [3.05, 3.63) is 81.2 Å². The first kappa shape index (κ1) is 18.7. The summed E-state index contributed by atoms with van der Waals surface area (Å²) in [6.07, 6.45) is 1.80. The molecule has 1 amide bonds. The number of halogens is 1. The maximum Gasteiger partial charge on any atom is 0.246 e. The topological polar surface area (TPSA) is 50.7 Å². The van der Waals surface area contributed by atoms with Crippen LogP contribution in [0.2, 0.25) is 5.02 Å². The average molecular weight is 411 g/mol. The highest BCUT2D eigenvalue weighted by molar-refractivity contribution is 7.16. The molecule has 1 N–H and O–H groups in total. The Kier molecular flexibility index (Phi) is 5.46. The molecule has 3 aromatic rings. The highest BCUT2D eigenvalue weighted by Gasteiger charge is 2.22. The molecule has 0 spiro atoms. The summed E-state index contributed by atoms with van der Waals surface area (Å²) in [5, 5.41) is 4.45. The summed E-state index contributed by atoms with van der Waals surface area (Å²) >= 11 is 8.00. The Morgan fingerprint density at radius 3 is 2.64 bits per heavy atom. The third-order valence-corrected chi connectivity index (χ3v) is 6.06. The molecule has 6 heteroatoms. The van der Waals surface area contributed by atoms with Gasteiger partial charge in [0, 0.05) is 21.0 Å². The van der Waals surface area contributed by atoms with Gasteiger partial charge < -0.3 is 10.1 Å². The van der Waals surface area contributed by atoms with Crippen molar-refractivity contribution in [1.82, 2.24) is 0 Å². The molecule has 0 saturated carbocycles. The van der Waals surface area contributed by atoms with Gasteiger partial charge in [0.05, 0.1) is 12.8 Å². The Morgan fingerprint density at radius 2 is 1.89 bits per heavy atom. The number of aryl methyl sites for hydroxylation is 2. The van der Waals surface area contributed by atoms with Crippen molar-refractivity contribution in [2.24, 2.45) is 4.99 Å². The maximum atomic E-state index is 12.1. The highest BCUT2D eigenvalue weighted by Crippen LogP contribution is 2.34. The first-order valence-electron chi connectivity index (χ1n) is 8.99. The Labute approximate surface area is 172 Å². The number of nitrogens with zero attached hydrogens (tertiary/aromatic N) is 1. The number of amides is 1. The predicted octanol–water partition coefficient (Wildman–Crippen LogP) is 4.98. The van der Waals surface area contributed by atoms with E-state index in [1.54, 1.807) is 18.4 Å². The van der Waals surface area contributed by atoms with Crippen LogP contribution < -0.4 is 10.1 Å². The quantitative estimate of drug-likeness (QED) is 0.644. The van der Waals surface area contributed by atoms with E-state index in [1.807, 2.05) is 36.4 Å². The predicted molar refractivity (Wildman–Crippen MR) is 115 cm³/mol. The molecule has 0 bridgehead atoms. The van der Waals surface area contributed by atoms with Gasteiger partial charge in [-0.2, -0.15) is 0 Å².